The van der Waals surface area contributed by atoms with Crippen molar-refractivity contribution < 1.29 is 57.4 Å². The van der Waals surface area contributed by atoms with Gasteiger partial charge in [-0.15, -0.1) is 0 Å². The second-order valence-corrected chi connectivity index (χ2v) is 7.66. The van der Waals surface area contributed by atoms with Crippen LogP contribution in [0.25, 0.3) is 0 Å². The highest BCUT2D eigenvalue weighted by atomic mass is 16.6. The van der Waals surface area contributed by atoms with E-state index in [0.29, 0.717) is 78.9 Å². The van der Waals surface area contributed by atoms with Crippen LogP contribution in [0.4, 0.5) is 0 Å². The molecule has 0 saturated heterocycles. The van der Waals surface area contributed by atoms with Gasteiger partial charge in [-0.3, -0.25) is 24.1 Å². The van der Waals surface area contributed by atoms with Gasteiger partial charge in [-0.25, -0.2) is 0 Å². The topological polar surface area (TPSA) is 156 Å². The van der Waals surface area contributed by atoms with Crippen LogP contribution >= 0.6 is 0 Å². The monoisotopic (exact) mass is 533 g/mol. The zero-order valence-corrected chi connectivity index (χ0v) is 21.3. The Balaban J connectivity index is 1.69. The molecule has 1 aliphatic heterocycles. The highest BCUT2D eigenvalue weighted by molar-refractivity contribution is 6.12. The summed E-state index contributed by atoms with van der Waals surface area (Å²) in [6.45, 7) is 5.04. The first kappa shape index (κ1) is 32.6. The first-order valence-electron chi connectivity index (χ1n) is 12.4. The molecular formula is C24H39NO12. The fourth-order valence-corrected chi connectivity index (χ4v) is 2.84. The molecule has 0 radical (unpaired) electrons. The number of carboxylic acid groups (broad SMARTS) is 1. The Bertz CT molecular complexity index is 667. The van der Waals surface area contributed by atoms with Crippen molar-refractivity contribution >= 4 is 23.8 Å². The number of nitrogens with zero attached hydrogens (tertiary/aromatic N) is 1. The van der Waals surface area contributed by atoms with E-state index < -0.39 is 5.97 Å². The minimum absolute atomic E-state index is 0.0552. The summed E-state index contributed by atoms with van der Waals surface area (Å²) in [5, 5.41) is 8.52. The molecule has 0 unspecified atom stereocenters. The van der Waals surface area contributed by atoms with E-state index in [4.69, 9.17) is 38.3 Å². The van der Waals surface area contributed by atoms with Gasteiger partial charge in [-0.2, -0.15) is 0 Å². The van der Waals surface area contributed by atoms with E-state index >= 15 is 0 Å². The van der Waals surface area contributed by atoms with Crippen molar-refractivity contribution in [2.45, 2.75) is 25.7 Å². The summed E-state index contributed by atoms with van der Waals surface area (Å²) in [5.41, 5.74) is 0. The molecule has 0 bridgehead atoms. The van der Waals surface area contributed by atoms with Crippen molar-refractivity contribution in [3.8, 4) is 0 Å². The molecule has 13 heteroatoms. The molecule has 0 aromatic carbocycles. The van der Waals surface area contributed by atoms with Gasteiger partial charge in [0.25, 0.3) is 11.8 Å². The van der Waals surface area contributed by atoms with Crippen LogP contribution in [-0.2, 0) is 52.3 Å². The molecule has 1 N–H and O–H groups in total. The molecule has 2 amide bonds. The summed E-state index contributed by atoms with van der Waals surface area (Å²) >= 11 is 0. The molecule has 212 valence electrons. The fourth-order valence-electron chi connectivity index (χ4n) is 2.84. The largest absolute Gasteiger partial charge is 0.481 e. The number of unbranched alkanes of at least 4 members (excludes halogenated alkanes) is 1. The molecule has 0 aromatic heterocycles. The number of hydrogen-bond acceptors (Lipinski definition) is 11. The van der Waals surface area contributed by atoms with Gasteiger partial charge in [0.05, 0.1) is 85.8 Å². The van der Waals surface area contributed by atoms with Crippen LogP contribution < -0.4 is 0 Å². The Hall–Kier alpha value is -2.42. The lowest BCUT2D eigenvalue weighted by atomic mass is 10.2. The van der Waals surface area contributed by atoms with E-state index in [1.54, 1.807) is 0 Å². The summed E-state index contributed by atoms with van der Waals surface area (Å²) < 4.78 is 37.1. The van der Waals surface area contributed by atoms with Crippen LogP contribution in [0.15, 0.2) is 12.2 Å². The van der Waals surface area contributed by atoms with Crippen LogP contribution in [0.5, 0.6) is 0 Å². The predicted octanol–water partition coefficient (Wildman–Crippen LogP) is 0.199. The Morgan fingerprint density at radius 2 is 0.973 bits per heavy atom. The average Bonchev–Trinajstić information content (AvgIpc) is 3.19. The Morgan fingerprint density at radius 1 is 0.595 bits per heavy atom. The zero-order chi connectivity index (χ0) is 27.0. The van der Waals surface area contributed by atoms with Crippen molar-refractivity contribution in [1.82, 2.24) is 4.90 Å². The van der Waals surface area contributed by atoms with Crippen molar-refractivity contribution in [3.05, 3.63) is 12.2 Å². The van der Waals surface area contributed by atoms with Gasteiger partial charge in [0, 0.05) is 25.0 Å². The van der Waals surface area contributed by atoms with E-state index in [1.165, 1.54) is 12.2 Å². The van der Waals surface area contributed by atoms with Crippen molar-refractivity contribution in [1.29, 1.82) is 0 Å². The number of hydrogen-bond donors (Lipinski definition) is 1. The molecule has 0 saturated carbocycles. The molecule has 1 aliphatic rings. The van der Waals surface area contributed by atoms with E-state index in [2.05, 4.69) is 0 Å². The SMILES string of the molecule is O=C(O)CCCCC(=O)OCCOCCOCCOCCOCCOCCOCCN1C(=O)C=CC1=O. The van der Waals surface area contributed by atoms with E-state index in [1.807, 2.05) is 0 Å². The Morgan fingerprint density at radius 3 is 1.41 bits per heavy atom. The molecular weight excluding hydrogens is 494 g/mol. The summed E-state index contributed by atoms with van der Waals surface area (Å²) in [4.78, 5) is 45.6. The van der Waals surface area contributed by atoms with Crippen LogP contribution in [0.2, 0.25) is 0 Å². The normalized spacial score (nSPS) is 13.0. The highest BCUT2D eigenvalue weighted by Crippen LogP contribution is 2.02. The number of carbonyl (C=O) groups is 4. The third kappa shape index (κ3) is 19.4. The van der Waals surface area contributed by atoms with Gasteiger partial charge >= 0.3 is 11.9 Å². The Labute approximate surface area is 216 Å². The highest BCUT2D eigenvalue weighted by Gasteiger charge is 2.22. The summed E-state index contributed by atoms with van der Waals surface area (Å²) in [5.74, 6) is -1.86. The van der Waals surface area contributed by atoms with Crippen molar-refractivity contribution in [2.75, 3.05) is 92.4 Å². The summed E-state index contributed by atoms with van der Waals surface area (Å²) in [6, 6.07) is 0. The van der Waals surface area contributed by atoms with Gasteiger partial charge in [0.15, 0.2) is 0 Å². The van der Waals surface area contributed by atoms with E-state index in [9.17, 15) is 19.2 Å². The summed E-state index contributed by atoms with van der Waals surface area (Å²) in [6.07, 6.45) is 3.70. The molecule has 37 heavy (non-hydrogen) atoms. The lowest BCUT2D eigenvalue weighted by Crippen LogP contribution is -2.33. The molecule has 0 spiro atoms. The molecule has 13 nitrogen and oxygen atoms in total. The van der Waals surface area contributed by atoms with Crippen LogP contribution in [0, 0.1) is 0 Å². The molecule has 0 aromatic rings. The zero-order valence-electron chi connectivity index (χ0n) is 21.3. The molecule has 1 rings (SSSR count). The average molecular weight is 534 g/mol. The van der Waals surface area contributed by atoms with E-state index in [-0.39, 0.29) is 57.0 Å². The van der Waals surface area contributed by atoms with Crippen LogP contribution in [0.3, 0.4) is 0 Å². The third-order valence-electron chi connectivity index (χ3n) is 4.73. The maximum Gasteiger partial charge on any atom is 0.305 e. The second-order valence-electron chi connectivity index (χ2n) is 7.66. The van der Waals surface area contributed by atoms with Crippen molar-refractivity contribution in [3.63, 3.8) is 0 Å². The number of rotatable bonds is 26. The second kappa shape index (κ2) is 22.8. The van der Waals surface area contributed by atoms with Crippen molar-refractivity contribution in [2.24, 2.45) is 0 Å². The van der Waals surface area contributed by atoms with Gasteiger partial charge in [0.1, 0.15) is 6.61 Å². The number of ether oxygens (including phenoxy) is 7. The molecule has 0 atom stereocenters. The number of amides is 2. The lowest BCUT2D eigenvalue weighted by molar-refractivity contribution is -0.146. The standard InChI is InChI=1S/C24H39NO12/c26-21-5-6-22(27)25(21)7-8-31-9-10-32-11-12-33-13-14-34-15-16-35-17-18-36-19-20-37-24(30)4-2-1-3-23(28)29/h5-6H,1-4,7-20H2,(H,28,29). The third-order valence-corrected chi connectivity index (χ3v) is 4.73. The number of esters is 1. The summed E-state index contributed by atoms with van der Waals surface area (Å²) in [7, 11) is 0. The fraction of sp³-hybridized carbons (Fsp3) is 0.750. The lowest BCUT2D eigenvalue weighted by Gasteiger charge is -2.13. The first-order valence-corrected chi connectivity index (χ1v) is 12.4. The van der Waals surface area contributed by atoms with Gasteiger partial charge in [-0.1, -0.05) is 0 Å². The minimum Gasteiger partial charge on any atom is -0.481 e. The predicted molar refractivity (Wildman–Crippen MR) is 128 cm³/mol. The number of aliphatic carboxylic acids is 1. The molecule has 1 heterocycles. The van der Waals surface area contributed by atoms with Gasteiger partial charge < -0.3 is 38.3 Å². The molecule has 0 aliphatic carbocycles. The van der Waals surface area contributed by atoms with Gasteiger partial charge in [0.2, 0.25) is 0 Å². The maximum absolute atomic E-state index is 11.4. The molecule has 0 fully saturated rings. The smallest absolute Gasteiger partial charge is 0.305 e. The minimum atomic E-state index is -0.868. The number of carbonyl (C=O) groups excluding carboxylic acids is 3. The first-order chi connectivity index (χ1) is 18.0. The van der Waals surface area contributed by atoms with Crippen LogP contribution in [0.1, 0.15) is 25.7 Å². The Kier molecular flexibility index (Phi) is 20.1. The van der Waals surface area contributed by atoms with E-state index in [0.717, 1.165) is 4.90 Å². The quantitative estimate of drug-likeness (QED) is 0.0917. The van der Waals surface area contributed by atoms with Crippen LogP contribution in [-0.4, -0.2) is 126 Å². The van der Waals surface area contributed by atoms with Gasteiger partial charge in [-0.05, 0) is 12.8 Å². The number of imide groups is 1. The maximum atomic E-state index is 11.4. The number of carboxylic acids is 1.